The zero-order valence-corrected chi connectivity index (χ0v) is 11.6. The molecule has 0 radical (unpaired) electrons. The molecular weight excluding hydrogens is 234 g/mol. The van der Waals surface area contributed by atoms with Gasteiger partial charge in [-0.2, -0.15) is 0 Å². The van der Waals surface area contributed by atoms with E-state index in [9.17, 15) is 14.7 Å². The fourth-order valence-electron chi connectivity index (χ4n) is 1.94. The second kappa shape index (κ2) is 8.91. The maximum absolute atomic E-state index is 11.3. The highest BCUT2D eigenvalue weighted by atomic mass is 16.4. The van der Waals surface area contributed by atoms with Crippen molar-refractivity contribution in [3.05, 3.63) is 0 Å². The largest absolute Gasteiger partial charge is 0.481 e. The summed E-state index contributed by atoms with van der Waals surface area (Å²) >= 11 is 0. The van der Waals surface area contributed by atoms with E-state index >= 15 is 0 Å². The average Bonchev–Trinajstić information content (AvgIpc) is 2.24. The minimum Gasteiger partial charge on any atom is -0.481 e. The Bertz CT molecular complexity index is 266. The average molecular weight is 259 g/mol. The van der Waals surface area contributed by atoms with Crippen LogP contribution in [0.5, 0.6) is 0 Å². The summed E-state index contributed by atoms with van der Waals surface area (Å²) in [5, 5.41) is 18.0. The first-order valence-electron chi connectivity index (χ1n) is 6.57. The molecule has 0 aliphatic heterocycles. The van der Waals surface area contributed by atoms with Crippen LogP contribution in [0.25, 0.3) is 0 Å². The SMILES string of the molecule is CCCCC(C(=O)O)N(CCC(=O)O)CC(C)C. The van der Waals surface area contributed by atoms with Gasteiger partial charge in [0.05, 0.1) is 6.42 Å². The lowest BCUT2D eigenvalue weighted by Crippen LogP contribution is -2.44. The summed E-state index contributed by atoms with van der Waals surface area (Å²) < 4.78 is 0. The Morgan fingerprint density at radius 2 is 1.83 bits per heavy atom. The second-order valence-electron chi connectivity index (χ2n) is 5.03. The van der Waals surface area contributed by atoms with Gasteiger partial charge in [-0.3, -0.25) is 14.5 Å². The lowest BCUT2D eigenvalue weighted by Gasteiger charge is -2.29. The second-order valence-corrected chi connectivity index (χ2v) is 5.03. The maximum atomic E-state index is 11.3. The first kappa shape index (κ1) is 16.9. The van der Waals surface area contributed by atoms with Crippen molar-refractivity contribution in [1.29, 1.82) is 0 Å². The fraction of sp³-hybridized carbons (Fsp3) is 0.846. The molecule has 5 nitrogen and oxygen atoms in total. The van der Waals surface area contributed by atoms with Crippen LogP contribution in [0.15, 0.2) is 0 Å². The molecule has 0 amide bonds. The number of carboxylic acid groups (broad SMARTS) is 2. The minimum atomic E-state index is -0.886. The lowest BCUT2D eigenvalue weighted by molar-refractivity contribution is -0.145. The lowest BCUT2D eigenvalue weighted by atomic mass is 10.1. The van der Waals surface area contributed by atoms with Gasteiger partial charge >= 0.3 is 11.9 Å². The molecule has 1 atom stereocenters. The third kappa shape index (κ3) is 7.27. The molecule has 18 heavy (non-hydrogen) atoms. The van der Waals surface area contributed by atoms with E-state index in [1.165, 1.54) is 0 Å². The highest BCUT2D eigenvalue weighted by molar-refractivity contribution is 5.73. The number of carboxylic acids is 2. The van der Waals surface area contributed by atoms with Crippen LogP contribution in [-0.2, 0) is 9.59 Å². The number of nitrogens with zero attached hydrogens (tertiary/aromatic N) is 1. The Balaban J connectivity index is 4.62. The Labute approximate surface area is 109 Å². The first-order chi connectivity index (χ1) is 8.38. The number of rotatable bonds is 10. The number of carbonyl (C=O) groups is 2. The van der Waals surface area contributed by atoms with Crippen LogP contribution in [0.4, 0.5) is 0 Å². The smallest absolute Gasteiger partial charge is 0.320 e. The van der Waals surface area contributed by atoms with E-state index in [4.69, 9.17) is 5.11 Å². The first-order valence-corrected chi connectivity index (χ1v) is 6.57. The Kier molecular flexibility index (Phi) is 8.37. The quantitative estimate of drug-likeness (QED) is 0.628. The summed E-state index contributed by atoms with van der Waals surface area (Å²) in [6.07, 6.45) is 2.36. The summed E-state index contributed by atoms with van der Waals surface area (Å²) in [5.74, 6) is -1.42. The van der Waals surface area contributed by atoms with Crippen LogP contribution >= 0.6 is 0 Å². The van der Waals surface area contributed by atoms with Gasteiger partial charge < -0.3 is 10.2 Å². The molecule has 1 unspecified atom stereocenters. The summed E-state index contributed by atoms with van der Waals surface area (Å²) in [4.78, 5) is 23.7. The third-order valence-corrected chi connectivity index (χ3v) is 2.77. The van der Waals surface area contributed by atoms with E-state index in [1.807, 2.05) is 20.8 Å². The van der Waals surface area contributed by atoms with Gasteiger partial charge in [0.25, 0.3) is 0 Å². The van der Waals surface area contributed by atoms with Crippen molar-refractivity contribution >= 4 is 11.9 Å². The summed E-state index contributed by atoms with van der Waals surface area (Å²) in [5.41, 5.74) is 0. The van der Waals surface area contributed by atoms with Crippen LogP contribution in [0.1, 0.15) is 46.5 Å². The van der Waals surface area contributed by atoms with Crippen molar-refractivity contribution in [2.75, 3.05) is 13.1 Å². The Hall–Kier alpha value is -1.10. The molecule has 0 aliphatic rings. The van der Waals surface area contributed by atoms with E-state index < -0.39 is 18.0 Å². The molecule has 0 spiro atoms. The molecule has 0 saturated carbocycles. The van der Waals surface area contributed by atoms with E-state index in [0.717, 1.165) is 12.8 Å². The number of unbranched alkanes of at least 4 members (excludes halogenated alkanes) is 1. The summed E-state index contributed by atoms with van der Waals surface area (Å²) in [6.45, 7) is 6.95. The number of hydrogen-bond acceptors (Lipinski definition) is 3. The topological polar surface area (TPSA) is 77.8 Å². The van der Waals surface area contributed by atoms with Gasteiger partial charge in [0.1, 0.15) is 6.04 Å². The fourth-order valence-corrected chi connectivity index (χ4v) is 1.94. The highest BCUT2D eigenvalue weighted by Gasteiger charge is 2.25. The predicted octanol–water partition coefficient (Wildman–Crippen LogP) is 2.06. The number of hydrogen-bond donors (Lipinski definition) is 2. The standard InChI is InChI=1S/C13H25NO4/c1-4-5-6-11(13(17)18)14(9-10(2)3)8-7-12(15)16/h10-11H,4-9H2,1-3H3,(H,15,16)(H,17,18). The molecule has 0 aromatic carbocycles. The Morgan fingerprint density at radius 3 is 2.22 bits per heavy atom. The van der Waals surface area contributed by atoms with Crippen molar-refractivity contribution in [1.82, 2.24) is 4.90 Å². The third-order valence-electron chi connectivity index (χ3n) is 2.77. The van der Waals surface area contributed by atoms with E-state index in [2.05, 4.69) is 0 Å². The summed E-state index contributed by atoms with van der Waals surface area (Å²) in [7, 11) is 0. The normalized spacial score (nSPS) is 12.9. The molecule has 0 bridgehead atoms. The van der Waals surface area contributed by atoms with E-state index in [1.54, 1.807) is 4.90 Å². The molecule has 0 rings (SSSR count). The van der Waals surface area contributed by atoms with Crippen molar-refractivity contribution in [3.63, 3.8) is 0 Å². The predicted molar refractivity (Wildman–Crippen MR) is 69.6 cm³/mol. The van der Waals surface area contributed by atoms with Crippen LogP contribution in [0, 0.1) is 5.92 Å². The Morgan fingerprint density at radius 1 is 1.22 bits per heavy atom. The molecule has 106 valence electrons. The van der Waals surface area contributed by atoms with E-state index in [-0.39, 0.29) is 6.42 Å². The van der Waals surface area contributed by atoms with Crippen LogP contribution < -0.4 is 0 Å². The minimum absolute atomic E-state index is 0.0113. The van der Waals surface area contributed by atoms with E-state index in [0.29, 0.717) is 25.4 Å². The maximum Gasteiger partial charge on any atom is 0.320 e. The monoisotopic (exact) mass is 259 g/mol. The van der Waals surface area contributed by atoms with Crippen LogP contribution in [-0.4, -0.2) is 46.2 Å². The molecule has 0 aliphatic carbocycles. The van der Waals surface area contributed by atoms with Crippen molar-refractivity contribution < 1.29 is 19.8 Å². The van der Waals surface area contributed by atoms with Crippen molar-refractivity contribution in [2.24, 2.45) is 5.92 Å². The van der Waals surface area contributed by atoms with Crippen LogP contribution in [0.3, 0.4) is 0 Å². The summed E-state index contributed by atoms with van der Waals surface area (Å²) in [6, 6.07) is -0.563. The van der Waals surface area contributed by atoms with Gasteiger partial charge in [0, 0.05) is 13.1 Å². The number of aliphatic carboxylic acids is 2. The van der Waals surface area contributed by atoms with Gasteiger partial charge in [-0.05, 0) is 12.3 Å². The molecule has 0 aromatic heterocycles. The van der Waals surface area contributed by atoms with Gasteiger partial charge in [-0.15, -0.1) is 0 Å². The van der Waals surface area contributed by atoms with Crippen molar-refractivity contribution in [2.45, 2.75) is 52.5 Å². The van der Waals surface area contributed by atoms with Gasteiger partial charge in [-0.25, -0.2) is 0 Å². The molecule has 2 N–H and O–H groups in total. The van der Waals surface area contributed by atoms with Gasteiger partial charge in [-0.1, -0.05) is 33.6 Å². The zero-order valence-electron chi connectivity index (χ0n) is 11.6. The molecule has 0 fully saturated rings. The van der Waals surface area contributed by atoms with Gasteiger partial charge in [0.2, 0.25) is 0 Å². The molecule has 0 saturated heterocycles. The molecule has 0 aromatic rings. The van der Waals surface area contributed by atoms with Crippen molar-refractivity contribution in [3.8, 4) is 0 Å². The van der Waals surface area contributed by atoms with Gasteiger partial charge in [0.15, 0.2) is 0 Å². The molecule has 5 heteroatoms. The molecular formula is C13H25NO4. The zero-order chi connectivity index (χ0) is 14.1. The van der Waals surface area contributed by atoms with Crippen LogP contribution in [0.2, 0.25) is 0 Å². The molecule has 0 heterocycles. The highest BCUT2D eigenvalue weighted by Crippen LogP contribution is 2.12.